The summed E-state index contributed by atoms with van der Waals surface area (Å²) in [6.45, 7) is 3.57. The fourth-order valence-electron chi connectivity index (χ4n) is 6.29. The summed E-state index contributed by atoms with van der Waals surface area (Å²) in [4.78, 5) is 25.4. The van der Waals surface area contributed by atoms with Crippen molar-refractivity contribution in [2.24, 2.45) is 0 Å². The van der Waals surface area contributed by atoms with E-state index in [1.54, 1.807) is 0 Å². The maximum absolute atomic E-state index is 12.8. The smallest absolute Gasteiger partial charge is 0.306 e. The highest BCUT2D eigenvalue weighted by molar-refractivity contribution is 7.85. The van der Waals surface area contributed by atoms with Gasteiger partial charge in [0.25, 0.3) is 10.1 Å². The van der Waals surface area contributed by atoms with Crippen molar-refractivity contribution >= 4 is 22.1 Å². The average molecular weight is 867 g/mol. The normalized spacial score (nSPS) is 20.8. The van der Waals surface area contributed by atoms with Gasteiger partial charge in [0.15, 0.2) is 12.4 Å². The molecule has 0 aromatic heterocycles. The molecule has 1 rings (SSSR count). The summed E-state index contributed by atoms with van der Waals surface area (Å²) in [5.74, 6) is -2.09. The van der Waals surface area contributed by atoms with Crippen LogP contribution in [0.1, 0.15) is 155 Å². The van der Waals surface area contributed by atoms with Gasteiger partial charge >= 0.3 is 11.9 Å². The Hall–Kier alpha value is -2.91. The Kier molecular flexibility index (Phi) is 33.7. The Bertz CT molecular complexity index is 1390. The quantitative estimate of drug-likeness (QED) is 0.0203. The molecule has 1 aliphatic heterocycles. The first-order valence-electron chi connectivity index (χ1n) is 22.5. The van der Waals surface area contributed by atoms with Crippen molar-refractivity contribution in [2.45, 2.75) is 192 Å². The van der Waals surface area contributed by atoms with E-state index < -0.39 is 71.2 Å². The summed E-state index contributed by atoms with van der Waals surface area (Å²) in [6, 6.07) is 0. The van der Waals surface area contributed by atoms with Crippen LogP contribution in [0, 0.1) is 0 Å². The highest BCUT2D eigenvalue weighted by Gasteiger charge is 2.46. The van der Waals surface area contributed by atoms with Crippen LogP contribution in [0.15, 0.2) is 72.9 Å². The van der Waals surface area contributed by atoms with Crippen LogP contribution in [0.2, 0.25) is 0 Å². The van der Waals surface area contributed by atoms with Gasteiger partial charge in [0, 0.05) is 12.8 Å². The van der Waals surface area contributed by atoms with Gasteiger partial charge in [0.1, 0.15) is 36.8 Å². The molecular formula is C47H78O12S. The minimum Gasteiger partial charge on any atom is -0.462 e. The number of esters is 2. The zero-order valence-electron chi connectivity index (χ0n) is 36.5. The van der Waals surface area contributed by atoms with Crippen molar-refractivity contribution < 1.29 is 56.8 Å². The second-order valence-electron chi connectivity index (χ2n) is 15.3. The van der Waals surface area contributed by atoms with Gasteiger partial charge in [-0.3, -0.25) is 14.1 Å². The van der Waals surface area contributed by atoms with Crippen LogP contribution in [-0.4, -0.2) is 96.0 Å². The first kappa shape index (κ1) is 55.1. The topological polar surface area (TPSA) is 186 Å². The number of hydrogen-bond acceptors (Lipinski definition) is 11. The highest BCUT2D eigenvalue weighted by atomic mass is 32.2. The van der Waals surface area contributed by atoms with Gasteiger partial charge in [-0.05, 0) is 77.0 Å². The largest absolute Gasteiger partial charge is 0.462 e. The molecule has 4 N–H and O–H groups in total. The zero-order valence-corrected chi connectivity index (χ0v) is 37.3. The van der Waals surface area contributed by atoms with E-state index in [9.17, 15) is 37.9 Å². The molecule has 0 saturated carbocycles. The van der Waals surface area contributed by atoms with E-state index in [-0.39, 0.29) is 19.4 Å². The fourth-order valence-corrected chi connectivity index (χ4v) is 6.98. The number of unbranched alkanes of at least 4 members (excludes halogenated alkanes) is 12. The Balaban J connectivity index is 2.51. The first-order chi connectivity index (χ1) is 29.0. The molecule has 12 nitrogen and oxygen atoms in total. The van der Waals surface area contributed by atoms with Gasteiger partial charge in [-0.1, -0.05) is 138 Å². The Morgan fingerprint density at radius 3 is 1.63 bits per heavy atom. The van der Waals surface area contributed by atoms with E-state index >= 15 is 0 Å². The number of rotatable bonds is 36. The van der Waals surface area contributed by atoms with E-state index in [4.69, 9.17) is 18.9 Å². The van der Waals surface area contributed by atoms with Crippen LogP contribution in [0.5, 0.6) is 0 Å². The van der Waals surface area contributed by atoms with E-state index in [0.29, 0.717) is 19.3 Å². The second-order valence-corrected chi connectivity index (χ2v) is 16.8. The monoisotopic (exact) mass is 867 g/mol. The summed E-state index contributed by atoms with van der Waals surface area (Å²) in [5, 5.41) is 30.9. The van der Waals surface area contributed by atoms with Crippen molar-refractivity contribution in [3.8, 4) is 0 Å². The number of aliphatic hydroxyl groups is 3. The van der Waals surface area contributed by atoms with Crippen LogP contribution in [0.25, 0.3) is 0 Å². The van der Waals surface area contributed by atoms with Crippen LogP contribution < -0.4 is 0 Å². The number of allylic oxidation sites excluding steroid dienone is 12. The van der Waals surface area contributed by atoms with E-state index in [1.807, 2.05) is 12.2 Å². The molecule has 0 bridgehead atoms. The number of carbonyl (C=O) groups is 2. The SMILES string of the molecule is CC/C=C/C/C=C/C/C=C/C/C=C/C/C=C/CCCC(=O)OC[C@H](CO[C@H]1O[C@H](CS(=O)(=O)O)[C@@H](O)C(O)C1O)OC(=O)CCCCC/C=C/CCCCCCCCCC. The maximum Gasteiger partial charge on any atom is 0.306 e. The number of carbonyl (C=O) groups excluding carboxylic acids is 2. The predicted molar refractivity (Wildman–Crippen MR) is 238 cm³/mol. The minimum absolute atomic E-state index is 0.129. The maximum atomic E-state index is 12.8. The van der Waals surface area contributed by atoms with Gasteiger partial charge in [-0.15, -0.1) is 0 Å². The lowest BCUT2D eigenvalue weighted by molar-refractivity contribution is -0.297. The van der Waals surface area contributed by atoms with E-state index in [1.165, 1.54) is 51.4 Å². The second kappa shape index (κ2) is 36.7. The lowest BCUT2D eigenvalue weighted by Gasteiger charge is -2.40. The number of ether oxygens (including phenoxy) is 4. The van der Waals surface area contributed by atoms with Gasteiger partial charge in [0.2, 0.25) is 0 Å². The van der Waals surface area contributed by atoms with Crippen molar-refractivity contribution in [3.63, 3.8) is 0 Å². The molecule has 1 aliphatic rings. The number of hydrogen-bond donors (Lipinski definition) is 4. The van der Waals surface area contributed by atoms with Gasteiger partial charge in [0.05, 0.1) is 6.61 Å². The van der Waals surface area contributed by atoms with Gasteiger partial charge < -0.3 is 34.3 Å². The third kappa shape index (κ3) is 31.0. The molecule has 0 aliphatic carbocycles. The average Bonchev–Trinajstić information content (AvgIpc) is 3.21. The summed E-state index contributed by atoms with van der Waals surface area (Å²) < 4.78 is 54.0. The molecule has 0 aromatic rings. The minimum atomic E-state index is -4.61. The molecule has 1 saturated heterocycles. The molecule has 344 valence electrons. The van der Waals surface area contributed by atoms with Crippen LogP contribution in [-0.2, 0) is 38.7 Å². The first-order valence-corrected chi connectivity index (χ1v) is 24.1. The Morgan fingerprint density at radius 2 is 1.07 bits per heavy atom. The zero-order chi connectivity index (χ0) is 44.1. The molecule has 2 unspecified atom stereocenters. The third-order valence-electron chi connectivity index (χ3n) is 9.77. The summed E-state index contributed by atoms with van der Waals surface area (Å²) in [6.07, 6.45) is 36.7. The Labute approximate surface area is 361 Å². The molecule has 13 heteroatoms. The summed E-state index contributed by atoms with van der Waals surface area (Å²) in [5.41, 5.74) is 0. The fraction of sp³-hybridized carbons (Fsp3) is 0.702. The molecule has 1 fully saturated rings. The lowest BCUT2D eigenvalue weighted by atomic mass is 10.00. The molecule has 0 radical (unpaired) electrons. The predicted octanol–water partition coefficient (Wildman–Crippen LogP) is 9.11. The van der Waals surface area contributed by atoms with Crippen LogP contribution in [0.4, 0.5) is 0 Å². The van der Waals surface area contributed by atoms with Crippen molar-refractivity contribution in [3.05, 3.63) is 72.9 Å². The highest BCUT2D eigenvalue weighted by Crippen LogP contribution is 2.24. The van der Waals surface area contributed by atoms with Crippen LogP contribution >= 0.6 is 0 Å². The van der Waals surface area contributed by atoms with Crippen molar-refractivity contribution in [1.82, 2.24) is 0 Å². The standard InChI is InChI=1S/C47H78O12S/c1-3-5-7-9-11-13-15-17-19-20-22-23-25-27-29-31-33-35-42(48)56-37-40(38-57-47-46(52)45(51)44(50)41(59-47)39-60(53,54)55)58-43(49)36-34-32-30-28-26-24-21-18-16-14-12-10-8-6-4-2/h5,7,11,13,17,19,22-24,26-27,29,40-41,44-47,50-52H,3-4,6,8-10,12,14-16,18,20-21,25,28,30-39H2,1-2H3,(H,53,54,55)/b7-5+,13-11+,19-17+,23-22+,26-24+,29-27+/t40-,41-,44-,45?,46?,47+/m1/s1. The van der Waals surface area contributed by atoms with Crippen molar-refractivity contribution in [2.75, 3.05) is 19.0 Å². The third-order valence-corrected chi connectivity index (χ3v) is 10.5. The Morgan fingerprint density at radius 1 is 0.583 bits per heavy atom. The van der Waals surface area contributed by atoms with Gasteiger partial charge in [-0.25, -0.2) is 0 Å². The lowest BCUT2D eigenvalue weighted by Crippen LogP contribution is -2.60. The van der Waals surface area contributed by atoms with E-state index in [2.05, 4.69) is 74.6 Å². The van der Waals surface area contributed by atoms with Crippen LogP contribution in [0.3, 0.4) is 0 Å². The molecule has 6 atom stereocenters. The molecule has 60 heavy (non-hydrogen) atoms. The molecule has 0 amide bonds. The van der Waals surface area contributed by atoms with Gasteiger partial charge in [-0.2, -0.15) is 8.42 Å². The molecular weight excluding hydrogens is 789 g/mol. The molecule has 1 heterocycles. The number of aliphatic hydroxyl groups excluding tert-OH is 3. The van der Waals surface area contributed by atoms with Crippen molar-refractivity contribution in [1.29, 1.82) is 0 Å². The van der Waals surface area contributed by atoms with E-state index in [0.717, 1.165) is 57.8 Å². The summed E-state index contributed by atoms with van der Waals surface area (Å²) in [7, 11) is -4.61. The molecule has 0 aromatic carbocycles. The molecule has 0 spiro atoms. The summed E-state index contributed by atoms with van der Waals surface area (Å²) >= 11 is 0.